The Kier molecular flexibility index (Phi) is 4.31. The van der Waals surface area contributed by atoms with Gasteiger partial charge in [-0.05, 0) is 12.3 Å². The number of aliphatic hydroxyl groups is 1. The lowest BCUT2D eigenvalue weighted by Crippen LogP contribution is -2.42. The number of thioether (sulfide) groups is 1. The van der Waals surface area contributed by atoms with E-state index in [1.807, 2.05) is 11.8 Å². The first-order chi connectivity index (χ1) is 9.74. The minimum atomic E-state index is -0.174. The summed E-state index contributed by atoms with van der Waals surface area (Å²) in [4.78, 5) is 13.4. The number of rotatable bonds is 2. The molecule has 2 aliphatic heterocycles. The van der Waals surface area contributed by atoms with Crippen LogP contribution in [0.2, 0.25) is 0 Å². The summed E-state index contributed by atoms with van der Waals surface area (Å²) < 4.78 is 0. The fourth-order valence-electron chi connectivity index (χ4n) is 2.82. The Labute approximate surface area is 124 Å². The van der Waals surface area contributed by atoms with Crippen molar-refractivity contribution < 1.29 is 5.11 Å². The molecule has 0 amide bonds. The van der Waals surface area contributed by atoms with E-state index in [4.69, 9.17) is 0 Å². The van der Waals surface area contributed by atoms with Gasteiger partial charge >= 0.3 is 0 Å². The lowest BCUT2D eigenvalue weighted by atomic mass is 9.97. The largest absolute Gasteiger partial charge is 0.393 e. The molecule has 1 aromatic rings. The quantitative estimate of drug-likeness (QED) is 0.885. The molecule has 0 aromatic carbocycles. The number of hydrogen-bond donors (Lipinski definition) is 1. The van der Waals surface area contributed by atoms with Crippen molar-refractivity contribution >= 4 is 23.4 Å². The monoisotopic (exact) mass is 294 g/mol. The molecule has 2 aliphatic rings. The van der Waals surface area contributed by atoms with Crippen molar-refractivity contribution in [2.75, 3.05) is 47.5 Å². The summed E-state index contributed by atoms with van der Waals surface area (Å²) >= 11 is 2.00. The van der Waals surface area contributed by atoms with E-state index < -0.39 is 0 Å². The molecule has 2 saturated heterocycles. The van der Waals surface area contributed by atoms with Crippen LogP contribution in [-0.2, 0) is 0 Å². The van der Waals surface area contributed by atoms with Gasteiger partial charge in [-0.1, -0.05) is 6.92 Å². The molecule has 3 heterocycles. The molecule has 5 nitrogen and oxygen atoms in total. The van der Waals surface area contributed by atoms with Gasteiger partial charge in [0.25, 0.3) is 0 Å². The maximum Gasteiger partial charge on any atom is 0.134 e. The van der Waals surface area contributed by atoms with Gasteiger partial charge in [0.2, 0.25) is 0 Å². The van der Waals surface area contributed by atoms with Gasteiger partial charge in [0.1, 0.15) is 18.0 Å². The van der Waals surface area contributed by atoms with Crippen LogP contribution >= 0.6 is 11.8 Å². The van der Waals surface area contributed by atoms with Crippen LogP contribution in [0.4, 0.5) is 11.6 Å². The Morgan fingerprint density at radius 2 is 1.85 bits per heavy atom. The molecule has 20 heavy (non-hydrogen) atoms. The van der Waals surface area contributed by atoms with E-state index in [1.165, 1.54) is 11.5 Å². The van der Waals surface area contributed by atoms with E-state index in [2.05, 4.69) is 32.8 Å². The van der Waals surface area contributed by atoms with Crippen molar-refractivity contribution in [3.63, 3.8) is 0 Å². The second-order valence-electron chi connectivity index (χ2n) is 5.61. The normalized spacial score (nSPS) is 27.7. The third kappa shape index (κ3) is 3.01. The molecule has 0 unspecified atom stereocenters. The summed E-state index contributed by atoms with van der Waals surface area (Å²) in [7, 11) is 0. The molecule has 0 aliphatic carbocycles. The molecular formula is C14H22N4OS. The van der Waals surface area contributed by atoms with E-state index in [1.54, 1.807) is 6.33 Å². The summed E-state index contributed by atoms with van der Waals surface area (Å²) in [6, 6.07) is 2.10. The van der Waals surface area contributed by atoms with Crippen molar-refractivity contribution in [2.45, 2.75) is 19.4 Å². The SMILES string of the molecule is C[C@H]1CN(c2cc(N3CCSCC3)ncn2)CC[C@@H]1O. The fraction of sp³-hybridized carbons (Fsp3) is 0.714. The van der Waals surface area contributed by atoms with Gasteiger partial charge in [-0.25, -0.2) is 9.97 Å². The predicted octanol–water partition coefficient (Wildman–Crippen LogP) is 1.24. The summed E-state index contributed by atoms with van der Waals surface area (Å²) in [6.07, 6.45) is 2.31. The molecule has 110 valence electrons. The maximum absolute atomic E-state index is 9.83. The standard InChI is InChI=1S/C14H22N4OS/c1-11-9-18(3-2-12(11)19)14-8-13(15-10-16-14)17-4-6-20-7-5-17/h8,10-12,19H,2-7,9H2,1H3/t11-,12-/m0/s1. The zero-order valence-corrected chi connectivity index (χ0v) is 12.7. The van der Waals surface area contributed by atoms with E-state index >= 15 is 0 Å². The topological polar surface area (TPSA) is 52.5 Å². The maximum atomic E-state index is 9.83. The molecule has 3 rings (SSSR count). The average molecular weight is 294 g/mol. The molecule has 0 saturated carbocycles. The highest BCUT2D eigenvalue weighted by atomic mass is 32.2. The molecule has 0 bridgehead atoms. The molecule has 2 fully saturated rings. The second-order valence-corrected chi connectivity index (χ2v) is 6.84. The Morgan fingerprint density at radius 3 is 2.55 bits per heavy atom. The third-order valence-corrected chi connectivity index (χ3v) is 5.10. The first-order valence-electron chi connectivity index (χ1n) is 7.32. The average Bonchev–Trinajstić information content (AvgIpc) is 2.51. The van der Waals surface area contributed by atoms with Gasteiger partial charge in [-0.2, -0.15) is 11.8 Å². The van der Waals surface area contributed by atoms with Crippen LogP contribution in [0.3, 0.4) is 0 Å². The Morgan fingerprint density at radius 1 is 1.15 bits per heavy atom. The third-order valence-electron chi connectivity index (χ3n) is 4.16. The number of aliphatic hydroxyl groups excluding tert-OH is 1. The molecule has 0 spiro atoms. The van der Waals surface area contributed by atoms with Crippen LogP contribution < -0.4 is 9.80 Å². The van der Waals surface area contributed by atoms with Gasteiger partial charge in [-0.15, -0.1) is 0 Å². The Hall–Kier alpha value is -1.01. The van der Waals surface area contributed by atoms with Crippen molar-refractivity contribution in [3.8, 4) is 0 Å². The first-order valence-corrected chi connectivity index (χ1v) is 8.47. The summed E-state index contributed by atoms with van der Waals surface area (Å²) in [5.41, 5.74) is 0. The van der Waals surface area contributed by atoms with Gasteiger partial charge in [0.05, 0.1) is 6.10 Å². The van der Waals surface area contributed by atoms with Crippen LogP contribution in [-0.4, -0.2) is 58.9 Å². The number of hydrogen-bond acceptors (Lipinski definition) is 6. The highest BCUT2D eigenvalue weighted by Gasteiger charge is 2.25. The van der Waals surface area contributed by atoms with Crippen molar-refractivity contribution in [2.24, 2.45) is 5.92 Å². The smallest absolute Gasteiger partial charge is 0.134 e. The van der Waals surface area contributed by atoms with Crippen LogP contribution in [0.15, 0.2) is 12.4 Å². The van der Waals surface area contributed by atoms with Gasteiger partial charge in [0, 0.05) is 43.8 Å². The number of piperidine rings is 1. The van der Waals surface area contributed by atoms with Crippen LogP contribution in [0.1, 0.15) is 13.3 Å². The van der Waals surface area contributed by atoms with Gasteiger partial charge < -0.3 is 14.9 Å². The lowest BCUT2D eigenvalue weighted by Gasteiger charge is -2.35. The zero-order valence-electron chi connectivity index (χ0n) is 11.9. The van der Waals surface area contributed by atoms with Crippen LogP contribution in [0.25, 0.3) is 0 Å². The Bertz CT molecular complexity index is 453. The van der Waals surface area contributed by atoms with E-state index in [0.29, 0.717) is 5.92 Å². The zero-order chi connectivity index (χ0) is 13.9. The number of anilines is 2. The highest BCUT2D eigenvalue weighted by Crippen LogP contribution is 2.25. The van der Waals surface area contributed by atoms with Crippen LogP contribution in [0, 0.1) is 5.92 Å². The van der Waals surface area contributed by atoms with Crippen LogP contribution in [0.5, 0.6) is 0 Å². The number of nitrogens with zero attached hydrogens (tertiary/aromatic N) is 4. The molecule has 2 atom stereocenters. The van der Waals surface area contributed by atoms with E-state index in [-0.39, 0.29) is 6.10 Å². The van der Waals surface area contributed by atoms with Crippen molar-refractivity contribution in [1.29, 1.82) is 0 Å². The summed E-state index contributed by atoms with van der Waals surface area (Å²) in [5.74, 6) is 4.67. The van der Waals surface area contributed by atoms with Crippen molar-refractivity contribution in [3.05, 3.63) is 12.4 Å². The van der Waals surface area contributed by atoms with Gasteiger partial charge in [0.15, 0.2) is 0 Å². The predicted molar refractivity (Wildman–Crippen MR) is 83.6 cm³/mol. The summed E-state index contributed by atoms with van der Waals surface area (Å²) in [6.45, 7) is 5.97. The Balaban J connectivity index is 1.73. The van der Waals surface area contributed by atoms with Gasteiger partial charge in [-0.3, -0.25) is 0 Å². The number of aromatic nitrogens is 2. The first kappa shape index (κ1) is 13.9. The highest BCUT2D eigenvalue weighted by molar-refractivity contribution is 7.99. The summed E-state index contributed by atoms with van der Waals surface area (Å²) in [5, 5.41) is 9.83. The molecular weight excluding hydrogens is 272 g/mol. The molecule has 6 heteroatoms. The van der Waals surface area contributed by atoms with E-state index in [0.717, 1.165) is 44.2 Å². The van der Waals surface area contributed by atoms with Crippen molar-refractivity contribution in [1.82, 2.24) is 9.97 Å². The minimum absolute atomic E-state index is 0.174. The lowest BCUT2D eigenvalue weighted by molar-refractivity contribution is 0.0969. The minimum Gasteiger partial charge on any atom is -0.393 e. The molecule has 1 aromatic heterocycles. The fourth-order valence-corrected chi connectivity index (χ4v) is 3.72. The molecule has 0 radical (unpaired) electrons. The molecule has 1 N–H and O–H groups in total. The second kappa shape index (κ2) is 6.18. The van der Waals surface area contributed by atoms with E-state index in [9.17, 15) is 5.11 Å².